The third-order valence-corrected chi connectivity index (χ3v) is 3.42. The lowest BCUT2D eigenvalue weighted by molar-refractivity contribution is 0.407. The summed E-state index contributed by atoms with van der Waals surface area (Å²) in [5.74, 6) is 2.86. The fraction of sp³-hybridized carbons (Fsp3) is 0.294. The number of rotatable bonds is 5. The molecule has 0 atom stereocenters. The summed E-state index contributed by atoms with van der Waals surface area (Å²) in [7, 11) is 1.63. The second kappa shape index (κ2) is 7.49. The fourth-order valence-corrected chi connectivity index (χ4v) is 2.20. The first-order chi connectivity index (χ1) is 11.3. The summed E-state index contributed by atoms with van der Waals surface area (Å²) < 4.78 is 10.9. The van der Waals surface area contributed by atoms with E-state index in [9.17, 15) is 0 Å². The minimum atomic E-state index is 0.551. The summed E-state index contributed by atoms with van der Waals surface area (Å²) in [6, 6.07) is 11.3. The predicted molar refractivity (Wildman–Crippen MR) is 89.1 cm³/mol. The Morgan fingerprint density at radius 1 is 1.22 bits per heavy atom. The first kappa shape index (κ1) is 15.1. The molecule has 120 valence electrons. The Morgan fingerprint density at radius 3 is 2.87 bits per heavy atom. The van der Waals surface area contributed by atoms with Crippen molar-refractivity contribution in [2.24, 2.45) is 4.99 Å². The highest BCUT2D eigenvalue weighted by Gasteiger charge is 2.04. The lowest BCUT2D eigenvalue weighted by Gasteiger charge is -2.15. The summed E-state index contributed by atoms with van der Waals surface area (Å²) in [4.78, 5) is 8.70. The molecular weight excluding hydrogens is 292 g/mol. The third-order valence-electron chi connectivity index (χ3n) is 3.42. The van der Waals surface area contributed by atoms with Crippen molar-refractivity contribution in [1.29, 1.82) is 0 Å². The van der Waals surface area contributed by atoms with Crippen molar-refractivity contribution in [3.8, 4) is 17.4 Å². The molecule has 0 amide bonds. The van der Waals surface area contributed by atoms with E-state index in [1.165, 1.54) is 0 Å². The van der Waals surface area contributed by atoms with Crippen LogP contribution in [0.4, 0.5) is 0 Å². The predicted octanol–water partition coefficient (Wildman–Crippen LogP) is 2.32. The average molecular weight is 312 g/mol. The van der Waals surface area contributed by atoms with Gasteiger partial charge in [-0.1, -0.05) is 12.1 Å². The van der Waals surface area contributed by atoms with Crippen LogP contribution in [0.2, 0.25) is 0 Å². The average Bonchev–Trinajstić information content (AvgIpc) is 2.62. The van der Waals surface area contributed by atoms with E-state index in [4.69, 9.17) is 9.47 Å². The van der Waals surface area contributed by atoms with Crippen LogP contribution < -0.4 is 20.1 Å². The lowest BCUT2D eigenvalue weighted by atomic mass is 10.3. The van der Waals surface area contributed by atoms with Crippen molar-refractivity contribution in [3.05, 3.63) is 48.2 Å². The smallest absolute Gasteiger partial charge is 0.219 e. The van der Waals surface area contributed by atoms with Gasteiger partial charge in [-0.15, -0.1) is 0 Å². The zero-order chi connectivity index (χ0) is 15.9. The first-order valence-corrected chi connectivity index (χ1v) is 7.62. The van der Waals surface area contributed by atoms with Gasteiger partial charge in [-0.25, -0.2) is 4.98 Å². The van der Waals surface area contributed by atoms with Gasteiger partial charge in [-0.2, -0.15) is 0 Å². The summed E-state index contributed by atoms with van der Waals surface area (Å²) in [6.45, 7) is 2.52. The van der Waals surface area contributed by atoms with Crippen molar-refractivity contribution in [2.75, 3.05) is 20.2 Å². The molecule has 2 heterocycles. The van der Waals surface area contributed by atoms with Crippen molar-refractivity contribution in [1.82, 2.24) is 15.6 Å². The SMILES string of the molecule is COc1cccc(Oc2ccc(CNC3=NCCCN3)cn2)c1. The quantitative estimate of drug-likeness (QED) is 0.887. The number of hydrogen-bond acceptors (Lipinski definition) is 6. The lowest BCUT2D eigenvalue weighted by Crippen LogP contribution is -2.40. The van der Waals surface area contributed by atoms with Crippen molar-refractivity contribution in [2.45, 2.75) is 13.0 Å². The van der Waals surface area contributed by atoms with E-state index in [0.29, 0.717) is 18.2 Å². The Bertz CT molecular complexity index is 671. The van der Waals surface area contributed by atoms with Crippen LogP contribution in [0.25, 0.3) is 0 Å². The maximum atomic E-state index is 5.72. The normalized spacial score (nSPS) is 13.7. The summed E-state index contributed by atoms with van der Waals surface area (Å²) >= 11 is 0. The van der Waals surface area contributed by atoms with E-state index in [1.54, 1.807) is 13.3 Å². The maximum absolute atomic E-state index is 5.72. The molecule has 0 saturated heterocycles. The molecule has 0 spiro atoms. The molecule has 2 aromatic rings. The largest absolute Gasteiger partial charge is 0.497 e. The number of methoxy groups -OCH3 is 1. The van der Waals surface area contributed by atoms with Gasteiger partial charge in [0.2, 0.25) is 5.88 Å². The Kier molecular flexibility index (Phi) is 4.93. The summed E-state index contributed by atoms with van der Waals surface area (Å²) in [5, 5.41) is 6.49. The van der Waals surface area contributed by atoms with Gasteiger partial charge >= 0.3 is 0 Å². The van der Waals surface area contributed by atoms with Gasteiger partial charge in [0.15, 0.2) is 5.96 Å². The van der Waals surface area contributed by atoms with Gasteiger partial charge < -0.3 is 20.1 Å². The molecule has 0 saturated carbocycles. The van der Waals surface area contributed by atoms with Crippen LogP contribution in [0.5, 0.6) is 17.4 Å². The zero-order valence-electron chi connectivity index (χ0n) is 13.1. The van der Waals surface area contributed by atoms with Gasteiger partial charge in [-0.05, 0) is 24.1 Å². The number of aliphatic imine (C=N–C) groups is 1. The Labute approximate surface area is 135 Å². The van der Waals surface area contributed by atoms with E-state index in [-0.39, 0.29) is 0 Å². The second-order valence-corrected chi connectivity index (χ2v) is 5.15. The molecule has 23 heavy (non-hydrogen) atoms. The molecule has 0 fully saturated rings. The molecule has 1 aromatic heterocycles. The van der Waals surface area contributed by atoms with E-state index in [1.807, 2.05) is 36.4 Å². The van der Waals surface area contributed by atoms with Gasteiger partial charge in [0.1, 0.15) is 11.5 Å². The molecule has 0 bridgehead atoms. The molecule has 1 aliphatic heterocycles. The monoisotopic (exact) mass is 312 g/mol. The highest BCUT2D eigenvalue weighted by Crippen LogP contribution is 2.23. The van der Waals surface area contributed by atoms with Crippen LogP contribution in [-0.2, 0) is 6.54 Å². The summed E-state index contributed by atoms with van der Waals surface area (Å²) in [5.41, 5.74) is 1.07. The number of ether oxygens (including phenoxy) is 2. The molecule has 0 unspecified atom stereocenters. The van der Waals surface area contributed by atoms with Gasteiger partial charge in [0, 0.05) is 38.0 Å². The van der Waals surface area contributed by atoms with Crippen molar-refractivity contribution in [3.63, 3.8) is 0 Å². The number of hydrogen-bond donors (Lipinski definition) is 2. The number of benzene rings is 1. The summed E-state index contributed by atoms with van der Waals surface area (Å²) in [6.07, 6.45) is 2.88. The second-order valence-electron chi connectivity index (χ2n) is 5.15. The van der Waals surface area contributed by atoms with Crippen LogP contribution in [-0.4, -0.2) is 31.1 Å². The van der Waals surface area contributed by atoms with Crippen LogP contribution >= 0.6 is 0 Å². The van der Waals surface area contributed by atoms with Gasteiger partial charge in [-0.3, -0.25) is 4.99 Å². The Hall–Kier alpha value is -2.76. The van der Waals surface area contributed by atoms with Gasteiger partial charge in [0.25, 0.3) is 0 Å². The van der Waals surface area contributed by atoms with Crippen LogP contribution in [0.1, 0.15) is 12.0 Å². The number of aromatic nitrogens is 1. The van der Waals surface area contributed by atoms with Gasteiger partial charge in [0.05, 0.1) is 7.11 Å². The number of pyridine rings is 1. The first-order valence-electron chi connectivity index (χ1n) is 7.62. The molecule has 0 aliphatic carbocycles. The Morgan fingerprint density at radius 2 is 2.13 bits per heavy atom. The van der Waals surface area contributed by atoms with E-state index < -0.39 is 0 Å². The molecule has 6 heteroatoms. The number of nitrogens with zero attached hydrogens (tertiary/aromatic N) is 2. The molecule has 1 aromatic carbocycles. The van der Waals surface area contributed by atoms with E-state index in [0.717, 1.165) is 36.8 Å². The number of guanidine groups is 1. The standard InChI is InChI=1S/C17H20N4O2/c1-22-14-4-2-5-15(10-14)23-16-7-6-13(11-20-16)12-21-17-18-8-3-9-19-17/h2,4-7,10-11H,3,8-9,12H2,1H3,(H2,18,19,21). The molecule has 0 radical (unpaired) electrons. The fourth-order valence-electron chi connectivity index (χ4n) is 2.20. The Balaban J connectivity index is 1.57. The maximum Gasteiger partial charge on any atom is 0.219 e. The number of nitrogens with one attached hydrogen (secondary N) is 2. The highest BCUT2D eigenvalue weighted by molar-refractivity contribution is 5.80. The third kappa shape index (κ3) is 4.35. The minimum Gasteiger partial charge on any atom is -0.497 e. The van der Waals surface area contributed by atoms with Crippen molar-refractivity contribution < 1.29 is 9.47 Å². The zero-order valence-corrected chi connectivity index (χ0v) is 13.1. The minimum absolute atomic E-state index is 0.551. The van der Waals surface area contributed by atoms with Crippen LogP contribution in [0, 0.1) is 0 Å². The van der Waals surface area contributed by atoms with Crippen LogP contribution in [0.3, 0.4) is 0 Å². The van der Waals surface area contributed by atoms with E-state index >= 15 is 0 Å². The molecule has 1 aliphatic rings. The molecule has 2 N–H and O–H groups in total. The van der Waals surface area contributed by atoms with Crippen LogP contribution in [0.15, 0.2) is 47.6 Å². The van der Waals surface area contributed by atoms with Crippen molar-refractivity contribution >= 4 is 5.96 Å². The molecule has 3 rings (SSSR count). The highest BCUT2D eigenvalue weighted by atomic mass is 16.5. The topological polar surface area (TPSA) is 67.8 Å². The molecular formula is C17H20N4O2. The van der Waals surface area contributed by atoms with E-state index in [2.05, 4.69) is 20.6 Å². The molecule has 6 nitrogen and oxygen atoms in total.